The van der Waals surface area contributed by atoms with Crippen LogP contribution in [0.3, 0.4) is 0 Å². The predicted molar refractivity (Wildman–Crippen MR) is 93.8 cm³/mol. The topological polar surface area (TPSA) is 67.4 Å². The van der Waals surface area contributed by atoms with Gasteiger partial charge in [-0.25, -0.2) is 15.0 Å². The standard InChI is InChI=1S/C16H15Cl2N5/c1-16(8-11-2-4-13(17)20-9-11)22-15(19)6-7-23(16)12-3-5-14(18)21-10-12/h2-7,9-10H,8H2,1H3,(H2,19,22). The van der Waals surface area contributed by atoms with Gasteiger partial charge in [0.1, 0.15) is 21.8 Å². The second-order valence-electron chi connectivity index (χ2n) is 5.44. The fraction of sp³-hybridized carbons (Fsp3) is 0.188. The van der Waals surface area contributed by atoms with E-state index >= 15 is 0 Å². The van der Waals surface area contributed by atoms with E-state index in [-0.39, 0.29) is 0 Å². The van der Waals surface area contributed by atoms with Gasteiger partial charge in [0.2, 0.25) is 0 Å². The van der Waals surface area contributed by atoms with Crippen molar-refractivity contribution in [3.05, 3.63) is 64.8 Å². The SMILES string of the molecule is CC1(Cc2ccc(Cl)nc2)N=C(N)C=CN1c1ccc(Cl)nc1. The van der Waals surface area contributed by atoms with Crippen molar-refractivity contribution in [1.82, 2.24) is 9.97 Å². The minimum atomic E-state index is -0.593. The highest BCUT2D eigenvalue weighted by molar-refractivity contribution is 6.29. The maximum Gasteiger partial charge on any atom is 0.139 e. The summed E-state index contributed by atoms with van der Waals surface area (Å²) >= 11 is 11.7. The van der Waals surface area contributed by atoms with Gasteiger partial charge in [-0.1, -0.05) is 29.3 Å². The molecule has 23 heavy (non-hydrogen) atoms. The summed E-state index contributed by atoms with van der Waals surface area (Å²) < 4.78 is 0. The summed E-state index contributed by atoms with van der Waals surface area (Å²) in [4.78, 5) is 14.9. The Hall–Kier alpha value is -2.11. The van der Waals surface area contributed by atoms with Crippen molar-refractivity contribution in [3.8, 4) is 0 Å². The van der Waals surface area contributed by atoms with Crippen LogP contribution in [0.4, 0.5) is 5.69 Å². The van der Waals surface area contributed by atoms with Crippen LogP contribution in [0, 0.1) is 0 Å². The van der Waals surface area contributed by atoms with Crippen LogP contribution in [-0.4, -0.2) is 21.5 Å². The number of pyridine rings is 2. The van der Waals surface area contributed by atoms with Gasteiger partial charge in [-0.15, -0.1) is 0 Å². The number of anilines is 1. The Morgan fingerprint density at radius 3 is 2.39 bits per heavy atom. The number of aromatic nitrogens is 2. The Bertz CT molecular complexity index is 755. The lowest BCUT2D eigenvalue weighted by molar-refractivity contribution is 0.469. The molecule has 0 aliphatic carbocycles. The largest absolute Gasteiger partial charge is 0.384 e. The maximum absolute atomic E-state index is 5.92. The van der Waals surface area contributed by atoms with Crippen molar-refractivity contribution in [3.63, 3.8) is 0 Å². The molecule has 1 unspecified atom stereocenters. The van der Waals surface area contributed by atoms with E-state index in [2.05, 4.69) is 15.0 Å². The van der Waals surface area contributed by atoms with Crippen LogP contribution in [0.1, 0.15) is 12.5 Å². The Morgan fingerprint density at radius 1 is 1.09 bits per heavy atom. The van der Waals surface area contributed by atoms with Crippen molar-refractivity contribution in [2.45, 2.75) is 19.0 Å². The molecule has 1 aliphatic rings. The third kappa shape index (κ3) is 3.46. The van der Waals surface area contributed by atoms with E-state index in [0.717, 1.165) is 11.3 Å². The number of nitrogens with zero attached hydrogens (tertiary/aromatic N) is 4. The summed E-state index contributed by atoms with van der Waals surface area (Å²) in [6, 6.07) is 7.34. The van der Waals surface area contributed by atoms with Gasteiger partial charge in [0.15, 0.2) is 0 Å². The van der Waals surface area contributed by atoms with Crippen molar-refractivity contribution >= 4 is 34.7 Å². The van der Waals surface area contributed by atoms with Crippen molar-refractivity contribution in [2.75, 3.05) is 4.90 Å². The fourth-order valence-electron chi connectivity index (χ4n) is 2.58. The van der Waals surface area contributed by atoms with Gasteiger partial charge in [-0.05, 0) is 36.8 Å². The van der Waals surface area contributed by atoms with Crippen molar-refractivity contribution in [2.24, 2.45) is 10.7 Å². The second-order valence-corrected chi connectivity index (χ2v) is 6.22. The van der Waals surface area contributed by atoms with Gasteiger partial charge in [-0.3, -0.25) is 0 Å². The van der Waals surface area contributed by atoms with E-state index in [1.807, 2.05) is 30.2 Å². The average molecular weight is 348 g/mol. The summed E-state index contributed by atoms with van der Waals surface area (Å²) in [5, 5.41) is 0.908. The molecule has 0 fully saturated rings. The summed E-state index contributed by atoms with van der Waals surface area (Å²) in [5.41, 5.74) is 7.21. The first-order valence-corrected chi connectivity index (χ1v) is 7.77. The van der Waals surface area contributed by atoms with E-state index < -0.39 is 5.66 Å². The second kappa shape index (κ2) is 6.18. The molecule has 1 atom stereocenters. The zero-order valence-electron chi connectivity index (χ0n) is 12.4. The monoisotopic (exact) mass is 347 g/mol. The molecule has 3 heterocycles. The van der Waals surface area contributed by atoms with E-state index in [1.54, 1.807) is 30.6 Å². The van der Waals surface area contributed by atoms with Crippen LogP contribution < -0.4 is 10.6 Å². The first-order chi connectivity index (χ1) is 11.0. The number of aliphatic imine (C=N–C) groups is 1. The van der Waals surface area contributed by atoms with Crippen LogP contribution in [0.15, 0.2) is 53.9 Å². The fourth-order valence-corrected chi connectivity index (χ4v) is 2.80. The van der Waals surface area contributed by atoms with Gasteiger partial charge in [0.05, 0.1) is 11.9 Å². The molecule has 0 aromatic carbocycles. The first-order valence-electron chi connectivity index (χ1n) is 7.01. The lowest BCUT2D eigenvalue weighted by Crippen LogP contribution is -2.47. The molecule has 0 bridgehead atoms. The van der Waals surface area contributed by atoms with E-state index in [0.29, 0.717) is 22.6 Å². The van der Waals surface area contributed by atoms with Gasteiger partial charge < -0.3 is 10.6 Å². The quantitative estimate of drug-likeness (QED) is 0.863. The molecule has 2 N–H and O–H groups in total. The number of hydrogen-bond donors (Lipinski definition) is 1. The number of hydrogen-bond acceptors (Lipinski definition) is 5. The third-order valence-corrected chi connectivity index (χ3v) is 4.05. The minimum absolute atomic E-state index is 0.446. The van der Waals surface area contributed by atoms with Gasteiger partial charge in [-0.2, -0.15) is 0 Å². The Morgan fingerprint density at radius 2 is 1.78 bits per heavy atom. The van der Waals surface area contributed by atoms with Crippen LogP contribution in [0.2, 0.25) is 10.3 Å². The highest BCUT2D eigenvalue weighted by atomic mass is 35.5. The molecule has 118 valence electrons. The van der Waals surface area contributed by atoms with E-state index in [9.17, 15) is 0 Å². The summed E-state index contributed by atoms with van der Waals surface area (Å²) in [7, 11) is 0. The summed E-state index contributed by atoms with van der Waals surface area (Å²) in [6.45, 7) is 2.01. The molecular formula is C16H15Cl2N5. The Balaban J connectivity index is 1.95. The lowest BCUT2D eigenvalue weighted by Gasteiger charge is -2.39. The van der Waals surface area contributed by atoms with Crippen LogP contribution >= 0.6 is 23.2 Å². The smallest absolute Gasteiger partial charge is 0.139 e. The molecule has 7 heteroatoms. The first kappa shape index (κ1) is 15.8. The molecule has 0 saturated heterocycles. The maximum atomic E-state index is 5.92. The highest BCUT2D eigenvalue weighted by Crippen LogP contribution is 2.31. The molecule has 5 nitrogen and oxygen atoms in total. The lowest BCUT2D eigenvalue weighted by atomic mass is 9.99. The van der Waals surface area contributed by atoms with Gasteiger partial charge >= 0.3 is 0 Å². The third-order valence-electron chi connectivity index (χ3n) is 3.60. The predicted octanol–water partition coefficient (Wildman–Crippen LogP) is 3.43. The Kier molecular flexibility index (Phi) is 4.24. The van der Waals surface area contributed by atoms with Gasteiger partial charge in [0, 0.05) is 18.8 Å². The highest BCUT2D eigenvalue weighted by Gasteiger charge is 2.33. The molecule has 0 spiro atoms. The van der Waals surface area contributed by atoms with Crippen LogP contribution in [0.25, 0.3) is 0 Å². The number of amidine groups is 1. The normalized spacial score (nSPS) is 20.5. The molecule has 1 aliphatic heterocycles. The van der Waals surface area contributed by atoms with Crippen molar-refractivity contribution < 1.29 is 0 Å². The van der Waals surface area contributed by atoms with Crippen LogP contribution in [0.5, 0.6) is 0 Å². The minimum Gasteiger partial charge on any atom is -0.384 e. The molecule has 2 aromatic rings. The zero-order chi connectivity index (χ0) is 16.4. The summed E-state index contributed by atoms with van der Waals surface area (Å²) in [6.07, 6.45) is 7.73. The molecule has 0 amide bonds. The molecule has 0 radical (unpaired) electrons. The van der Waals surface area contributed by atoms with Gasteiger partial charge in [0.25, 0.3) is 0 Å². The molecule has 3 rings (SSSR count). The number of nitrogens with two attached hydrogens (primary N) is 1. The van der Waals surface area contributed by atoms with E-state index in [1.165, 1.54) is 0 Å². The van der Waals surface area contributed by atoms with Crippen molar-refractivity contribution in [1.29, 1.82) is 0 Å². The molecule has 2 aromatic heterocycles. The van der Waals surface area contributed by atoms with E-state index in [4.69, 9.17) is 28.9 Å². The summed E-state index contributed by atoms with van der Waals surface area (Å²) in [5.74, 6) is 0.479. The average Bonchev–Trinajstić information content (AvgIpc) is 2.51. The Labute approximate surface area is 144 Å². The molecule has 0 saturated carbocycles. The zero-order valence-corrected chi connectivity index (χ0v) is 14.0. The number of halogens is 2. The number of rotatable bonds is 3. The molecular weight excluding hydrogens is 333 g/mol. The van der Waals surface area contributed by atoms with Crippen LogP contribution in [-0.2, 0) is 6.42 Å².